The van der Waals surface area contributed by atoms with Crippen LogP contribution in [0.25, 0.3) is 0 Å². The zero-order chi connectivity index (χ0) is 32.0. The summed E-state index contributed by atoms with van der Waals surface area (Å²) < 4.78 is 10.4. The number of carboxylic acid groups (broad SMARTS) is 1. The number of amides is 4. The van der Waals surface area contributed by atoms with Crippen LogP contribution >= 0.6 is 0 Å². The molecule has 2 rings (SSSR count). The lowest BCUT2D eigenvalue weighted by Crippen LogP contribution is -2.58. The van der Waals surface area contributed by atoms with Crippen molar-refractivity contribution in [3.05, 3.63) is 71.8 Å². The van der Waals surface area contributed by atoms with Crippen LogP contribution in [-0.2, 0) is 36.9 Å². The Kier molecular flexibility index (Phi) is 13.5. The van der Waals surface area contributed by atoms with Crippen molar-refractivity contribution in [2.24, 2.45) is 5.92 Å². The predicted octanol–water partition coefficient (Wildman–Crippen LogP) is 3.15. The van der Waals surface area contributed by atoms with Gasteiger partial charge in [-0.3, -0.25) is 9.59 Å². The minimum atomic E-state index is -1.51. The Morgan fingerprint density at radius 1 is 0.744 bits per heavy atom. The maximum atomic E-state index is 13.4. The lowest BCUT2D eigenvalue weighted by atomic mass is 10.0. The number of hydrogen-bond donors (Lipinski definition) is 5. The van der Waals surface area contributed by atoms with Crippen LogP contribution in [0.1, 0.15) is 52.2 Å². The van der Waals surface area contributed by atoms with E-state index in [-0.39, 0.29) is 25.4 Å². The molecule has 0 saturated carbocycles. The third kappa shape index (κ3) is 13.7. The van der Waals surface area contributed by atoms with Gasteiger partial charge in [-0.1, -0.05) is 74.5 Å². The molecule has 5 N–H and O–H groups in total. The Hall–Kier alpha value is -4.61. The molecule has 0 unspecified atom stereocenters. The normalized spacial score (nSPS) is 13.2. The molecule has 0 bridgehead atoms. The molecular weight excluding hydrogens is 556 g/mol. The zero-order valence-corrected chi connectivity index (χ0v) is 25.2. The summed E-state index contributed by atoms with van der Waals surface area (Å²) in [5, 5.41) is 19.6. The lowest BCUT2D eigenvalue weighted by molar-refractivity contribution is -0.142. The van der Waals surface area contributed by atoms with E-state index < -0.39 is 60.2 Å². The standard InChI is InChI=1S/C31H42N4O8/c1-20(2)16-23(35-30(41)42-19-22-14-10-7-11-15-22)26(36)33-24(17-21-12-8-6-9-13-21)27(37)34-25(28(38)39)18-32-29(40)43-31(3,4)5/h6-15,20,23-25H,16-19H2,1-5H3,(H,32,40)(H,33,36)(H,34,37)(H,35,41)(H,38,39)/t23-,24-,25-/m0/s1. The molecule has 0 heterocycles. The second-order valence-electron chi connectivity index (χ2n) is 11.4. The number of alkyl carbamates (subject to hydrolysis) is 2. The highest BCUT2D eigenvalue weighted by Crippen LogP contribution is 2.10. The molecule has 0 aliphatic heterocycles. The van der Waals surface area contributed by atoms with Crippen molar-refractivity contribution in [2.75, 3.05) is 6.54 Å². The number of hydrogen-bond acceptors (Lipinski definition) is 7. The van der Waals surface area contributed by atoms with Gasteiger partial charge in [0.25, 0.3) is 0 Å². The van der Waals surface area contributed by atoms with Gasteiger partial charge in [-0.15, -0.1) is 0 Å². The monoisotopic (exact) mass is 598 g/mol. The Morgan fingerprint density at radius 3 is 1.81 bits per heavy atom. The van der Waals surface area contributed by atoms with Crippen LogP contribution in [0.5, 0.6) is 0 Å². The average molecular weight is 599 g/mol. The first-order valence-corrected chi connectivity index (χ1v) is 14.0. The summed E-state index contributed by atoms with van der Waals surface area (Å²) >= 11 is 0. The van der Waals surface area contributed by atoms with Crippen molar-refractivity contribution in [3.8, 4) is 0 Å². The molecule has 3 atom stereocenters. The molecule has 0 aromatic heterocycles. The molecule has 0 aliphatic rings. The number of benzene rings is 2. The SMILES string of the molecule is CC(C)C[C@H](NC(=O)OCc1ccccc1)C(=O)N[C@@H](Cc1ccccc1)C(=O)N[C@@H](CNC(=O)OC(C)(C)C)C(=O)O. The zero-order valence-electron chi connectivity index (χ0n) is 25.2. The molecule has 12 nitrogen and oxygen atoms in total. The fraction of sp³-hybridized carbons (Fsp3) is 0.452. The molecular formula is C31H42N4O8. The predicted molar refractivity (Wildman–Crippen MR) is 159 cm³/mol. The first-order valence-electron chi connectivity index (χ1n) is 14.0. The highest BCUT2D eigenvalue weighted by Gasteiger charge is 2.31. The van der Waals surface area contributed by atoms with Crippen LogP contribution in [-0.4, -0.2) is 65.3 Å². The van der Waals surface area contributed by atoms with E-state index in [1.54, 1.807) is 63.2 Å². The van der Waals surface area contributed by atoms with Crippen LogP contribution in [0.15, 0.2) is 60.7 Å². The highest BCUT2D eigenvalue weighted by molar-refractivity contribution is 5.93. The summed E-state index contributed by atoms with van der Waals surface area (Å²) in [4.78, 5) is 63.2. The van der Waals surface area contributed by atoms with Gasteiger partial charge in [-0.05, 0) is 44.2 Å². The molecule has 234 valence electrons. The van der Waals surface area contributed by atoms with Gasteiger partial charge in [-0.25, -0.2) is 14.4 Å². The van der Waals surface area contributed by atoms with Gasteiger partial charge in [0.05, 0.1) is 6.54 Å². The first kappa shape index (κ1) is 34.6. The van der Waals surface area contributed by atoms with Crippen molar-refractivity contribution < 1.29 is 38.6 Å². The van der Waals surface area contributed by atoms with Gasteiger partial charge in [0.2, 0.25) is 11.8 Å². The maximum Gasteiger partial charge on any atom is 0.408 e. The summed E-state index contributed by atoms with van der Waals surface area (Å²) in [6.07, 6.45) is -1.35. The summed E-state index contributed by atoms with van der Waals surface area (Å²) in [5.41, 5.74) is 0.680. The van der Waals surface area contributed by atoms with Crippen molar-refractivity contribution in [1.82, 2.24) is 21.3 Å². The van der Waals surface area contributed by atoms with Crippen molar-refractivity contribution >= 4 is 30.0 Å². The number of ether oxygens (including phenoxy) is 2. The number of rotatable bonds is 14. The lowest BCUT2D eigenvalue weighted by Gasteiger charge is -2.25. The van der Waals surface area contributed by atoms with Crippen LogP contribution in [0, 0.1) is 5.92 Å². The Labute approximate surface area is 251 Å². The van der Waals surface area contributed by atoms with E-state index in [9.17, 15) is 29.1 Å². The average Bonchev–Trinajstić information content (AvgIpc) is 2.93. The van der Waals surface area contributed by atoms with Gasteiger partial charge in [0.15, 0.2) is 0 Å². The van der Waals surface area contributed by atoms with Crippen LogP contribution in [0.3, 0.4) is 0 Å². The number of carbonyl (C=O) groups excluding carboxylic acids is 4. The van der Waals surface area contributed by atoms with E-state index in [1.165, 1.54) is 0 Å². The summed E-state index contributed by atoms with van der Waals surface area (Å²) in [6.45, 7) is 8.28. The molecule has 12 heteroatoms. The molecule has 2 aromatic rings. The molecule has 43 heavy (non-hydrogen) atoms. The van der Waals surface area contributed by atoms with Crippen molar-refractivity contribution in [3.63, 3.8) is 0 Å². The first-order chi connectivity index (χ1) is 20.2. The van der Waals surface area contributed by atoms with E-state index in [4.69, 9.17) is 9.47 Å². The summed E-state index contributed by atoms with van der Waals surface area (Å²) in [6, 6.07) is 14.2. The van der Waals surface area contributed by atoms with Gasteiger partial charge < -0.3 is 35.8 Å². The topological polar surface area (TPSA) is 172 Å². The molecule has 0 saturated heterocycles. The highest BCUT2D eigenvalue weighted by atomic mass is 16.6. The molecule has 0 spiro atoms. The van der Waals surface area contributed by atoms with Gasteiger partial charge >= 0.3 is 18.2 Å². The Morgan fingerprint density at radius 2 is 1.28 bits per heavy atom. The molecule has 0 fully saturated rings. The van der Waals surface area contributed by atoms with Crippen LogP contribution in [0.2, 0.25) is 0 Å². The number of nitrogens with one attached hydrogen (secondary N) is 4. The van der Waals surface area contributed by atoms with E-state index in [2.05, 4.69) is 21.3 Å². The smallest absolute Gasteiger partial charge is 0.408 e. The van der Waals surface area contributed by atoms with Gasteiger partial charge in [0.1, 0.15) is 30.3 Å². The molecule has 2 aromatic carbocycles. The van der Waals surface area contributed by atoms with E-state index in [0.717, 1.165) is 5.56 Å². The largest absolute Gasteiger partial charge is 0.480 e. The minimum absolute atomic E-state index is 0.00175. The summed E-state index contributed by atoms with van der Waals surface area (Å²) in [7, 11) is 0. The number of aliphatic carboxylic acids is 1. The van der Waals surface area contributed by atoms with Crippen LogP contribution < -0.4 is 21.3 Å². The quantitative estimate of drug-likeness (QED) is 0.221. The second kappa shape index (κ2) is 16.7. The second-order valence-corrected chi connectivity index (χ2v) is 11.4. The van der Waals surface area contributed by atoms with E-state index >= 15 is 0 Å². The van der Waals surface area contributed by atoms with E-state index in [1.807, 2.05) is 32.0 Å². The molecule has 0 aliphatic carbocycles. The van der Waals surface area contributed by atoms with Crippen molar-refractivity contribution in [2.45, 2.75) is 77.8 Å². The maximum absolute atomic E-state index is 13.4. The fourth-order valence-corrected chi connectivity index (χ4v) is 3.91. The Balaban J connectivity index is 2.15. The molecule has 4 amide bonds. The third-order valence-electron chi connectivity index (χ3n) is 5.91. The summed E-state index contributed by atoms with van der Waals surface area (Å²) in [5.74, 6) is -2.82. The minimum Gasteiger partial charge on any atom is -0.480 e. The number of carboxylic acids is 1. The molecule has 0 radical (unpaired) electrons. The Bertz CT molecular complexity index is 1220. The number of carbonyl (C=O) groups is 5. The van der Waals surface area contributed by atoms with Crippen molar-refractivity contribution in [1.29, 1.82) is 0 Å². The van der Waals surface area contributed by atoms with Gasteiger partial charge in [0, 0.05) is 6.42 Å². The third-order valence-corrected chi connectivity index (χ3v) is 5.91. The van der Waals surface area contributed by atoms with Gasteiger partial charge in [-0.2, -0.15) is 0 Å². The fourth-order valence-electron chi connectivity index (χ4n) is 3.91. The van der Waals surface area contributed by atoms with Crippen LogP contribution in [0.4, 0.5) is 9.59 Å². The van der Waals surface area contributed by atoms with E-state index in [0.29, 0.717) is 5.56 Å².